The number of nitrogens with zero attached hydrogens (tertiary/aromatic N) is 2. The molecule has 1 N–H and O–H groups in total. The zero-order valence-corrected chi connectivity index (χ0v) is 22.3. The summed E-state index contributed by atoms with van der Waals surface area (Å²) in [6, 6.07) is 13.5. The Kier molecular flexibility index (Phi) is 10.1. The van der Waals surface area contributed by atoms with Gasteiger partial charge in [0.1, 0.15) is 18.3 Å². The average Bonchev–Trinajstić information content (AvgIpc) is 2.83. The molecule has 0 saturated heterocycles. The second kappa shape index (κ2) is 12.6. The van der Waals surface area contributed by atoms with Gasteiger partial charge in [0.05, 0.1) is 19.1 Å². The summed E-state index contributed by atoms with van der Waals surface area (Å²) in [6.07, 6.45) is 1.83. The van der Waals surface area contributed by atoms with Crippen LogP contribution in [-0.2, 0) is 26.2 Å². The molecule has 1 atom stereocenters. The van der Waals surface area contributed by atoms with E-state index in [1.54, 1.807) is 38.3 Å². The van der Waals surface area contributed by atoms with Crippen LogP contribution in [0.3, 0.4) is 0 Å². The second-order valence-electron chi connectivity index (χ2n) is 8.85. The van der Waals surface area contributed by atoms with Gasteiger partial charge in [0.25, 0.3) is 0 Å². The number of carbonyl (C=O) groups excluding carboxylic acids is 2. The van der Waals surface area contributed by atoms with E-state index in [-0.39, 0.29) is 12.5 Å². The fourth-order valence-electron chi connectivity index (χ4n) is 3.55. The minimum Gasteiger partial charge on any atom is -0.497 e. The minimum absolute atomic E-state index is 0.146. The molecule has 35 heavy (non-hydrogen) atoms. The van der Waals surface area contributed by atoms with Crippen LogP contribution < -0.4 is 14.4 Å². The molecule has 0 fully saturated rings. The summed E-state index contributed by atoms with van der Waals surface area (Å²) < 4.78 is 31.6. The molecule has 0 aliphatic heterocycles. The highest BCUT2D eigenvalue weighted by Crippen LogP contribution is 2.23. The Labute approximate surface area is 209 Å². The lowest BCUT2D eigenvalue weighted by Crippen LogP contribution is -2.51. The van der Waals surface area contributed by atoms with Gasteiger partial charge in [0.15, 0.2) is 0 Å². The lowest BCUT2D eigenvalue weighted by molar-refractivity contribution is -0.139. The molecule has 0 aromatic heterocycles. The quantitative estimate of drug-likeness (QED) is 0.478. The van der Waals surface area contributed by atoms with E-state index in [9.17, 15) is 18.0 Å². The predicted octanol–water partition coefficient (Wildman–Crippen LogP) is 3.53. The van der Waals surface area contributed by atoms with Crippen molar-refractivity contribution in [1.82, 2.24) is 10.2 Å². The zero-order valence-electron chi connectivity index (χ0n) is 21.4. The van der Waals surface area contributed by atoms with E-state index in [1.165, 1.54) is 4.90 Å². The molecule has 2 amide bonds. The molecule has 2 aromatic rings. The molecule has 0 heterocycles. The fraction of sp³-hybridized carbons (Fsp3) is 0.462. The van der Waals surface area contributed by atoms with Crippen LogP contribution in [0.4, 0.5) is 5.69 Å². The molecule has 0 spiro atoms. The van der Waals surface area contributed by atoms with Gasteiger partial charge in [-0.25, -0.2) is 8.42 Å². The number of hydrogen-bond donors (Lipinski definition) is 1. The van der Waals surface area contributed by atoms with E-state index in [2.05, 4.69) is 19.2 Å². The summed E-state index contributed by atoms with van der Waals surface area (Å²) >= 11 is 0. The highest BCUT2D eigenvalue weighted by Gasteiger charge is 2.30. The molecule has 2 aromatic carbocycles. The van der Waals surface area contributed by atoms with Gasteiger partial charge in [-0.1, -0.05) is 45.0 Å². The fourth-order valence-corrected chi connectivity index (χ4v) is 4.39. The number of anilines is 1. The maximum Gasteiger partial charge on any atom is 0.244 e. The first kappa shape index (κ1) is 28.2. The summed E-state index contributed by atoms with van der Waals surface area (Å²) in [6.45, 7) is 7.92. The van der Waals surface area contributed by atoms with E-state index >= 15 is 0 Å². The molecule has 0 aliphatic carbocycles. The Morgan fingerprint density at radius 1 is 1.00 bits per heavy atom. The van der Waals surface area contributed by atoms with Gasteiger partial charge < -0.3 is 15.0 Å². The number of amides is 2. The van der Waals surface area contributed by atoms with Gasteiger partial charge in [-0.2, -0.15) is 0 Å². The van der Waals surface area contributed by atoms with Crippen molar-refractivity contribution in [3.05, 3.63) is 59.7 Å². The van der Waals surface area contributed by atoms with Crippen molar-refractivity contribution in [3.63, 3.8) is 0 Å². The van der Waals surface area contributed by atoms with Crippen LogP contribution in [0.15, 0.2) is 48.5 Å². The summed E-state index contributed by atoms with van der Waals surface area (Å²) in [5.41, 5.74) is 2.26. The lowest BCUT2D eigenvalue weighted by Gasteiger charge is -2.31. The number of ether oxygens (including phenoxy) is 1. The molecule has 0 aliphatic rings. The molecule has 0 radical (unpaired) electrons. The Morgan fingerprint density at radius 3 is 2.09 bits per heavy atom. The molecule has 0 bridgehead atoms. The van der Waals surface area contributed by atoms with Crippen LogP contribution in [-0.4, -0.2) is 57.6 Å². The third kappa shape index (κ3) is 7.99. The third-order valence-corrected chi connectivity index (χ3v) is 6.90. The maximum atomic E-state index is 13.5. The third-order valence-electron chi connectivity index (χ3n) is 5.76. The van der Waals surface area contributed by atoms with Crippen molar-refractivity contribution in [2.45, 2.75) is 52.6 Å². The monoisotopic (exact) mass is 503 g/mol. The number of rotatable bonds is 12. The highest BCUT2D eigenvalue weighted by atomic mass is 32.2. The van der Waals surface area contributed by atoms with Crippen LogP contribution in [0, 0.1) is 0 Å². The number of nitrogens with one attached hydrogen (secondary N) is 1. The summed E-state index contributed by atoms with van der Waals surface area (Å²) in [5, 5.41) is 2.82. The first-order chi connectivity index (χ1) is 16.5. The molecule has 192 valence electrons. The van der Waals surface area contributed by atoms with E-state index in [0.29, 0.717) is 23.9 Å². The molecule has 2 rings (SSSR count). The van der Waals surface area contributed by atoms with E-state index in [4.69, 9.17) is 4.74 Å². The molecular weight excluding hydrogens is 466 g/mol. The van der Waals surface area contributed by atoms with Crippen LogP contribution >= 0.6 is 0 Å². The van der Waals surface area contributed by atoms with Crippen molar-refractivity contribution in [2.75, 3.05) is 30.8 Å². The van der Waals surface area contributed by atoms with Crippen LogP contribution in [0.25, 0.3) is 0 Å². The van der Waals surface area contributed by atoms with Gasteiger partial charge in [0, 0.05) is 13.1 Å². The van der Waals surface area contributed by atoms with Gasteiger partial charge in [-0.3, -0.25) is 13.9 Å². The normalized spacial score (nSPS) is 12.2. The van der Waals surface area contributed by atoms with Crippen molar-refractivity contribution >= 4 is 27.5 Å². The van der Waals surface area contributed by atoms with Crippen molar-refractivity contribution in [2.24, 2.45) is 0 Å². The van der Waals surface area contributed by atoms with Crippen molar-refractivity contribution < 1.29 is 22.7 Å². The Morgan fingerprint density at radius 2 is 1.60 bits per heavy atom. The Bertz CT molecular complexity index is 1080. The minimum atomic E-state index is -3.75. The first-order valence-corrected chi connectivity index (χ1v) is 13.6. The second-order valence-corrected chi connectivity index (χ2v) is 10.8. The van der Waals surface area contributed by atoms with Gasteiger partial charge in [-0.15, -0.1) is 0 Å². The maximum absolute atomic E-state index is 13.5. The molecule has 8 nitrogen and oxygen atoms in total. The van der Waals surface area contributed by atoms with Crippen molar-refractivity contribution in [3.8, 4) is 5.75 Å². The number of sulfonamides is 1. The smallest absolute Gasteiger partial charge is 0.244 e. The largest absolute Gasteiger partial charge is 0.497 e. The summed E-state index contributed by atoms with van der Waals surface area (Å²) in [5.74, 6) is 0.201. The topological polar surface area (TPSA) is 96.0 Å². The zero-order chi connectivity index (χ0) is 26.2. The number of carbonyl (C=O) groups is 2. The number of hydrogen-bond acceptors (Lipinski definition) is 5. The lowest BCUT2D eigenvalue weighted by atomic mass is 10.0. The first-order valence-electron chi connectivity index (χ1n) is 11.8. The van der Waals surface area contributed by atoms with Crippen molar-refractivity contribution in [1.29, 1.82) is 0 Å². The summed E-state index contributed by atoms with van der Waals surface area (Å²) in [4.78, 5) is 27.7. The standard InChI is InChI=1S/C26H37N3O5S/c1-7-16-27-26(31)20(4)28(17-21-8-14-24(34-5)15-9-21)25(30)18-29(35(6,32)33)23-12-10-22(11-13-23)19(2)3/h8-15,19-20H,7,16-18H2,1-6H3,(H,27,31)/t20-/m0/s1. The number of benzene rings is 2. The molecule has 9 heteroatoms. The number of methoxy groups -OCH3 is 1. The van der Waals surface area contributed by atoms with Crippen LogP contribution in [0.2, 0.25) is 0 Å². The molecule has 0 saturated carbocycles. The summed E-state index contributed by atoms with van der Waals surface area (Å²) in [7, 11) is -2.18. The van der Waals surface area contributed by atoms with Gasteiger partial charge in [0.2, 0.25) is 21.8 Å². The van der Waals surface area contributed by atoms with E-state index in [0.717, 1.165) is 28.1 Å². The van der Waals surface area contributed by atoms with E-state index in [1.807, 2.05) is 31.2 Å². The Hall–Kier alpha value is -3.07. The SMILES string of the molecule is CCCNC(=O)[C@H](C)N(Cc1ccc(OC)cc1)C(=O)CN(c1ccc(C(C)C)cc1)S(C)(=O)=O. The van der Waals surface area contributed by atoms with E-state index < -0.39 is 28.5 Å². The molecular formula is C26H37N3O5S. The Balaban J connectivity index is 2.36. The van der Waals surface area contributed by atoms with Crippen LogP contribution in [0.5, 0.6) is 5.75 Å². The van der Waals surface area contributed by atoms with Gasteiger partial charge >= 0.3 is 0 Å². The average molecular weight is 504 g/mol. The highest BCUT2D eigenvalue weighted by molar-refractivity contribution is 7.92. The van der Waals surface area contributed by atoms with Gasteiger partial charge in [-0.05, 0) is 54.7 Å². The van der Waals surface area contributed by atoms with Crippen LogP contribution in [0.1, 0.15) is 51.2 Å². The predicted molar refractivity (Wildman–Crippen MR) is 139 cm³/mol. The molecule has 0 unspecified atom stereocenters.